The quantitative estimate of drug-likeness (QED) is 0.844. The number of nitrogens with one attached hydrogen (secondary N) is 1. The molecule has 16 heavy (non-hydrogen) atoms. The van der Waals surface area contributed by atoms with E-state index in [1.165, 1.54) is 41.3 Å². The first-order chi connectivity index (χ1) is 7.86. The van der Waals surface area contributed by atoms with Crippen LogP contribution < -0.4 is 5.32 Å². The zero-order chi connectivity index (χ0) is 11.0. The van der Waals surface area contributed by atoms with E-state index in [1.807, 2.05) is 23.1 Å². The average molecular weight is 254 g/mol. The molecule has 1 aromatic rings. The van der Waals surface area contributed by atoms with Crippen molar-refractivity contribution in [2.24, 2.45) is 0 Å². The maximum atomic E-state index is 4.82. The van der Waals surface area contributed by atoms with Gasteiger partial charge in [-0.2, -0.15) is 11.8 Å². The number of aromatic nitrogens is 1. The predicted molar refractivity (Wildman–Crippen MR) is 71.2 cm³/mol. The molecule has 2 fully saturated rings. The van der Waals surface area contributed by atoms with Gasteiger partial charge in [0.15, 0.2) is 0 Å². The summed E-state index contributed by atoms with van der Waals surface area (Å²) in [5, 5.41) is 4.94. The standard InChI is InChI=1S/C12H18N2S2/c1-15-7-11-14-12(8-2-3-8)10(16-11)6-13-9-4-5-9/h8-9,13H,2-7H2,1H3. The Bertz CT molecular complexity index is 367. The van der Waals surface area contributed by atoms with Crippen molar-refractivity contribution in [1.29, 1.82) is 0 Å². The maximum Gasteiger partial charge on any atom is 0.103 e. The first kappa shape index (κ1) is 11.1. The second-order valence-corrected chi connectivity index (χ2v) is 6.81. The summed E-state index contributed by atoms with van der Waals surface area (Å²) in [5.74, 6) is 1.87. The molecule has 0 atom stereocenters. The lowest BCUT2D eigenvalue weighted by atomic mass is 10.2. The summed E-state index contributed by atoms with van der Waals surface area (Å²) in [6.45, 7) is 1.06. The molecule has 0 amide bonds. The molecule has 2 nitrogen and oxygen atoms in total. The van der Waals surface area contributed by atoms with Crippen molar-refractivity contribution in [3.8, 4) is 0 Å². The van der Waals surface area contributed by atoms with Crippen LogP contribution in [0.4, 0.5) is 0 Å². The molecule has 1 N–H and O–H groups in total. The van der Waals surface area contributed by atoms with Crippen LogP contribution in [-0.4, -0.2) is 17.3 Å². The van der Waals surface area contributed by atoms with Gasteiger partial charge in [-0.1, -0.05) is 0 Å². The minimum absolute atomic E-state index is 0.794. The molecular formula is C12H18N2S2. The van der Waals surface area contributed by atoms with Gasteiger partial charge in [-0.05, 0) is 31.9 Å². The SMILES string of the molecule is CSCc1nc(C2CC2)c(CNC2CC2)s1. The van der Waals surface area contributed by atoms with Gasteiger partial charge in [0.1, 0.15) is 5.01 Å². The Morgan fingerprint density at radius 2 is 2.19 bits per heavy atom. The molecule has 2 aliphatic carbocycles. The highest BCUT2D eigenvalue weighted by atomic mass is 32.2. The smallest absolute Gasteiger partial charge is 0.103 e. The van der Waals surface area contributed by atoms with Crippen molar-refractivity contribution >= 4 is 23.1 Å². The van der Waals surface area contributed by atoms with Gasteiger partial charge in [0, 0.05) is 29.1 Å². The van der Waals surface area contributed by atoms with Crippen LogP contribution in [0.15, 0.2) is 0 Å². The number of rotatable bonds is 6. The van der Waals surface area contributed by atoms with Gasteiger partial charge in [-0.15, -0.1) is 11.3 Å². The molecule has 1 aromatic heterocycles. The van der Waals surface area contributed by atoms with E-state index in [2.05, 4.69) is 11.6 Å². The average Bonchev–Trinajstić information content (AvgIpc) is 3.17. The van der Waals surface area contributed by atoms with Crippen LogP contribution in [0.3, 0.4) is 0 Å². The van der Waals surface area contributed by atoms with E-state index < -0.39 is 0 Å². The van der Waals surface area contributed by atoms with Gasteiger partial charge in [0.25, 0.3) is 0 Å². The summed E-state index contributed by atoms with van der Waals surface area (Å²) >= 11 is 3.80. The van der Waals surface area contributed by atoms with Crippen molar-refractivity contribution in [1.82, 2.24) is 10.3 Å². The number of hydrogen-bond donors (Lipinski definition) is 1. The highest BCUT2D eigenvalue weighted by molar-refractivity contribution is 7.97. The van der Waals surface area contributed by atoms with Gasteiger partial charge in [-0.3, -0.25) is 0 Å². The topological polar surface area (TPSA) is 24.9 Å². The first-order valence-electron chi connectivity index (χ1n) is 6.07. The summed E-state index contributed by atoms with van der Waals surface area (Å²) in [5.41, 5.74) is 1.42. The number of nitrogens with zero attached hydrogens (tertiary/aromatic N) is 1. The molecule has 0 radical (unpaired) electrons. The van der Waals surface area contributed by atoms with E-state index in [1.54, 1.807) is 0 Å². The van der Waals surface area contributed by atoms with Gasteiger partial charge in [0.2, 0.25) is 0 Å². The number of thiazole rings is 1. The summed E-state index contributed by atoms with van der Waals surface area (Å²) in [6, 6.07) is 0.804. The third-order valence-electron chi connectivity index (χ3n) is 3.13. The molecule has 2 saturated carbocycles. The van der Waals surface area contributed by atoms with E-state index in [-0.39, 0.29) is 0 Å². The lowest BCUT2D eigenvalue weighted by molar-refractivity contribution is 0.688. The van der Waals surface area contributed by atoms with Crippen LogP contribution in [0, 0.1) is 0 Å². The second kappa shape index (κ2) is 4.67. The fourth-order valence-electron chi connectivity index (χ4n) is 1.93. The summed E-state index contributed by atoms with van der Waals surface area (Å²) in [4.78, 5) is 6.33. The molecule has 1 heterocycles. The van der Waals surface area contributed by atoms with Gasteiger partial charge >= 0.3 is 0 Å². The van der Waals surface area contributed by atoms with Crippen molar-refractivity contribution in [2.75, 3.05) is 6.26 Å². The fourth-order valence-corrected chi connectivity index (χ4v) is 3.73. The highest BCUT2D eigenvalue weighted by Gasteiger charge is 2.30. The molecule has 3 rings (SSSR count). The Hall–Kier alpha value is -0.0600. The molecule has 0 spiro atoms. The molecule has 0 unspecified atom stereocenters. The second-order valence-electron chi connectivity index (χ2n) is 4.78. The van der Waals surface area contributed by atoms with E-state index in [4.69, 9.17) is 4.98 Å². The van der Waals surface area contributed by atoms with E-state index in [9.17, 15) is 0 Å². The third kappa shape index (κ3) is 2.60. The van der Waals surface area contributed by atoms with Crippen molar-refractivity contribution in [3.05, 3.63) is 15.6 Å². The van der Waals surface area contributed by atoms with Crippen molar-refractivity contribution < 1.29 is 0 Å². The zero-order valence-corrected chi connectivity index (χ0v) is 11.3. The minimum atomic E-state index is 0.794. The summed E-state index contributed by atoms with van der Waals surface area (Å²) in [7, 11) is 0. The van der Waals surface area contributed by atoms with E-state index in [0.29, 0.717) is 0 Å². The van der Waals surface area contributed by atoms with E-state index >= 15 is 0 Å². The third-order valence-corrected chi connectivity index (χ3v) is 4.95. The lowest BCUT2D eigenvalue weighted by Gasteiger charge is -2.01. The highest BCUT2D eigenvalue weighted by Crippen LogP contribution is 2.43. The number of thioether (sulfide) groups is 1. The molecule has 0 saturated heterocycles. The molecule has 2 aliphatic rings. The van der Waals surface area contributed by atoms with E-state index in [0.717, 1.165) is 24.3 Å². The molecule has 0 bridgehead atoms. The molecule has 4 heteroatoms. The predicted octanol–water partition coefficient (Wildman–Crippen LogP) is 3.14. The largest absolute Gasteiger partial charge is 0.309 e. The molecule has 0 aromatic carbocycles. The Morgan fingerprint density at radius 3 is 2.81 bits per heavy atom. The Balaban J connectivity index is 1.71. The lowest BCUT2D eigenvalue weighted by Crippen LogP contribution is -2.15. The fraction of sp³-hybridized carbons (Fsp3) is 0.750. The Labute approximate surface area is 105 Å². The summed E-state index contributed by atoms with van der Waals surface area (Å²) in [6.07, 6.45) is 7.61. The van der Waals surface area contributed by atoms with Gasteiger partial charge < -0.3 is 5.32 Å². The van der Waals surface area contributed by atoms with Gasteiger partial charge in [0.05, 0.1) is 5.69 Å². The Kier molecular flexibility index (Phi) is 3.22. The van der Waals surface area contributed by atoms with Crippen LogP contribution in [-0.2, 0) is 12.3 Å². The summed E-state index contributed by atoms with van der Waals surface area (Å²) < 4.78 is 0. The van der Waals surface area contributed by atoms with Gasteiger partial charge in [-0.25, -0.2) is 4.98 Å². The van der Waals surface area contributed by atoms with Crippen LogP contribution >= 0.6 is 23.1 Å². The van der Waals surface area contributed by atoms with Crippen molar-refractivity contribution in [3.63, 3.8) is 0 Å². The molecular weight excluding hydrogens is 236 g/mol. The van der Waals surface area contributed by atoms with Crippen LogP contribution in [0.5, 0.6) is 0 Å². The normalized spacial score (nSPS) is 20.3. The first-order valence-corrected chi connectivity index (χ1v) is 8.28. The zero-order valence-electron chi connectivity index (χ0n) is 9.66. The van der Waals surface area contributed by atoms with Crippen LogP contribution in [0.1, 0.15) is 47.2 Å². The van der Waals surface area contributed by atoms with Crippen molar-refractivity contribution in [2.45, 2.75) is 49.9 Å². The van der Waals surface area contributed by atoms with Crippen LogP contribution in [0.2, 0.25) is 0 Å². The molecule has 88 valence electrons. The minimum Gasteiger partial charge on any atom is -0.309 e. The number of hydrogen-bond acceptors (Lipinski definition) is 4. The van der Waals surface area contributed by atoms with Crippen LogP contribution in [0.25, 0.3) is 0 Å². The Morgan fingerprint density at radius 1 is 1.38 bits per heavy atom. The molecule has 0 aliphatic heterocycles. The monoisotopic (exact) mass is 254 g/mol. The maximum absolute atomic E-state index is 4.82.